The van der Waals surface area contributed by atoms with Crippen LogP contribution in [0.15, 0.2) is 41.8 Å². The third-order valence-electron chi connectivity index (χ3n) is 2.75. The van der Waals surface area contributed by atoms with Crippen molar-refractivity contribution in [1.29, 1.82) is 0 Å². The molecule has 3 rings (SSSR count). The monoisotopic (exact) mass is 230 g/mol. The number of ether oxygens (including phenoxy) is 1. The van der Waals surface area contributed by atoms with Crippen molar-refractivity contribution >= 4 is 17.3 Å². The lowest BCUT2D eigenvalue weighted by molar-refractivity contribution is 0.0261. The molecule has 0 saturated carbocycles. The van der Waals surface area contributed by atoms with Gasteiger partial charge in [-0.25, -0.2) is 4.79 Å². The molecule has 0 spiro atoms. The van der Waals surface area contributed by atoms with Gasteiger partial charge in [0.05, 0.1) is 5.56 Å². The molecule has 1 aliphatic heterocycles. The summed E-state index contributed by atoms with van der Waals surface area (Å²) < 4.78 is 5.43. The van der Waals surface area contributed by atoms with Gasteiger partial charge in [-0.15, -0.1) is 11.3 Å². The molecular formula is C13H10O2S. The second-order valence-corrected chi connectivity index (χ2v) is 4.75. The summed E-state index contributed by atoms with van der Waals surface area (Å²) in [5.41, 5.74) is 1.78. The van der Waals surface area contributed by atoms with Crippen LogP contribution in [0.25, 0.3) is 0 Å². The highest BCUT2D eigenvalue weighted by atomic mass is 32.1. The number of fused-ring (bicyclic) bond motifs is 1. The molecule has 0 N–H and O–H groups in total. The van der Waals surface area contributed by atoms with E-state index in [0.717, 1.165) is 16.9 Å². The van der Waals surface area contributed by atoms with Gasteiger partial charge in [0, 0.05) is 11.3 Å². The molecule has 16 heavy (non-hydrogen) atoms. The van der Waals surface area contributed by atoms with E-state index in [2.05, 4.69) is 0 Å². The summed E-state index contributed by atoms with van der Waals surface area (Å²) in [4.78, 5) is 12.9. The minimum absolute atomic E-state index is 0.109. The van der Waals surface area contributed by atoms with Crippen LogP contribution in [0.3, 0.4) is 0 Å². The van der Waals surface area contributed by atoms with E-state index in [4.69, 9.17) is 4.74 Å². The van der Waals surface area contributed by atoms with Gasteiger partial charge in [-0.3, -0.25) is 0 Å². The average Bonchev–Trinajstić information content (AvgIpc) is 2.82. The maximum atomic E-state index is 11.8. The lowest BCUT2D eigenvalue weighted by Crippen LogP contribution is -2.20. The Morgan fingerprint density at radius 3 is 2.88 bits per heavy atom. The number of rotatable bonds is 1. The molecule has 2 heterocycles. The molecule has 0 aliphatic carbocycles. The second kappa shape index (κ2) is 3.76. The number of cyclic esters (lactones) is 1. The predicted octanol–water partition coefficient (Wildman–Crippen LogP) is 3.20. The van der Waals surface area contributed by atoms with E-state index in [9.17, 15) is 4.79 Å². The number of hydrogen-bond acceptors (Lipinski definition) is 3. The minimum Gasteiger partial charge on any atom is -0.453 e. The van der Waals surface area contributed by atoms with Gasteiger partial charge in [0.15, 0.2) is 0 Å². The van der Waals surface area contributed by atoms with Crippen LogP contribution >= 0.6 is 11.3 Å². The highest BCUT2D eigenvalue weighted by Crippen LogP contribution is 2.32. The van der Waals surface area contributed by atoms with Crippen molar-refractivity contribution in [3.8, 4) is 0 Å². The van der Waals surface area contributed by atoms with Gasteiger partial charge >= 0.3 is 5.97 Å². The maximum absolute atomic E-state index is 11.8. The van der Waals surface area contributed by atoms with Crippen LogP contribution in [0.1, 0.15) is 26.9 Å². The molecule has 1 aromatic heterocycles. The van der Waals surface area contributed by atoms with Crippen molar-refractivity contribution in [2.24, 2.45) is 0 Å². The van der Waals surface area contributed by atoms with Crippen molar-refractivity contribution in [1.82, 2.24) is 0 Å². The first-order valence-electron chi connectivity index (χ1n) is 5.17. The van der Waals surface area contributed by atoms with Crippen LogP contribution < -0.4 is 0 Å². The predicted molar refractivity (Wildman–Crippen MR) is 62.6 cm³/mol. The Balaban J connectivity index is 1.98. The molecule has 2 aromatic rings. The number of esters is 1. The van der Waals surface area contributed by atoms with Crippen molar-refractivity contribution in [3.63, 3.8) is 0 Å². The molecule has 0 saturated heterocycles. The first-order chi connectivity index (χ1) is 7.84. The van der Waals surface area contributed by atoms with E-state index in [1.807, 2.05) is 41.8 Å². The van der Waals surface area contributed by atoms with Gasteiger partial charge in [-0.1, -0.05) is 24.3 Å². The van der Waals surface area contributed by atoms with E-state index in [1.165, 1.54) is 0 Å². The summed E-state index contributed by atoms with van der Waals surface area (Å²) in [6, 6.07) is 11.6. The number of thiophene rings is 1. The third kappa shape index (κ3) is 1.53. The van der Waals surface area contributed by atoms with Gasteiger partial charge in [-0.05, 0) is 23.1 Å². The zero-order valence-electron chi connectivity index (χ0n) is 8.55. The van der Waals surface area contributed by atoms with Crippen LogP contribution in [0, 0.1) is 0 Å². The molecule has 3 heteroatoms. The molecule has 1 aromatic carbocycles. The van der Waals surface area contributed by atoms with Crippen LogP contribution in [0.2, 0.25) is 0 Å². The Bertz CT molecular complexity index is 516. The third-order valence-corrected chi connectivity index (χ3v) is 3.72. The number of carbonyl (C=O) groups is 1. The van der Waals surface area contributed by atoms with Crippen LogP contribution in [0.5, 0.6) is 0 Å². The molecule has 0 fully saturated rings. The minimum atomic E-state index is -0.208. The first-order valence-corrected chi connectivity index (χ1v) is 6.05. The first kappa shape index (κ1) is 9.60. The Labute approximate surface area is 97.5 Å². The smallest absolute Gasteiger partial charge is 0.339 e. The Kier molecular flexibility index (Phi) is 2.26. The highest BCUT2D eigenvalue weighted by Gasteiger charge is 2.27. The van der Waals surface area contributed by atoms with Gasteiger partial charge in [0.25, 0.3) is 0 Å². The lowest BCUT2D eigenvalue weighted by Gasteiger charge is -2.23. The number of carbonyl (C=O) groups excluding carboxylic acids is 1. The average molecular weight is 230 g/mol. The van der Waals surface area contributed by atoms with E-state index in [-0.39, 0.29) is 12.1 Å². The zero-order valence-corrected chi connectivity index (χ0v) is 9.37. The molecule has 1 atom stereocenters. The molecular weight excluding hydrogens is 220 g/mol. The normalized spacial score (nSPS) is 19.0. The summed E-state index contributed by atoms with van der Waals surface area (Å²) in [6.07, 6.45) is 0.671. The van der Waals surface area contributed by atoms with Crippen LogP contribution in [-0.4, -0.2) is 5.97 Å². The highest BCUT2D eigenvalue weighted by molar-refractivity contribution is 7.10. The van der Waals surface area contributed by atoms with Crippen molar-refractivity contribution < 1.29 is 9.53 Å². The summed E-state index contributed by atoms with van der Waals surface area (Å²) in [6.45, 7) is 0. The van der Waals surface area contributed by atoms with Crippen molar-refractivity contribution in [2.75, 3.05) is 0 Å². The fourth-order valence-electron chi connectivity index (χ4n) is 1.96. The molecule has 1 aliphatic rings. The Hall–Kier alpha value is -1.61. The van der Waals surface area contributed by atoms with Crippen LogP contribution in [-0.2, 0) is 11.2 Å². The van der Waals surface area contributed by atoms with Gasteiger partial charge in [0.1, 0.15) is 6.10 Å². The van der Waals surface area contributed by atoms with Gasteiger partial charge < -0.3 is 4.74 Å². The Morgan fingerprint density at radius 2 is 2.06 bits per heavy atom. The van der Waals surface area contributed by atoms with Gasteiger partial charge in [0.2, 0.25) is 0 Å². The molecule has 80 valence electrons. The van der Waals surface area contributed by atoms with Crippen molar-refractivity contribution in [3.05, 3.63) is 57.8 Å². The maximum Gasteiger partial charge on any atom is 0.339 e. The lowest BCUT2D eigenvalue weighted by atomic mass is 9.98. The summed E-state index contributed by atoms with van der Waals surface area (Å²) in [5, 5.41) is 2.00. The van der Waals surface area contributed by atoms with E-state index >= 15 is 0 Å². The van der Waals surface area contributed by atoms with Crippen LogP contribution in [0.4, 0.5) is 0 Å². The zero-order chi connectivity index (χ0) is 11.0. The van der Waals surface area contributed by atoms with E-state index in [0.29, 0.717) is 5.56 Å². The standard InChI is InChI=1S/C13H10O2S/c14-13-10-5-2-1-4-9(10)8-11(15-13)12-6-3-7-16-12/h1-7,11H,8H2/t11-/m1/s1. The number of benzene rings is 1. The van der Waals surface area contributed by atoms with E-state index in [1.54, 1.807) is 11.3 Å². The fourth-order valence-corrected chi connectivity index (χ4v) is 2.72. The quantitative estimate of drug-likeness (QED) is 0.703. The second-order valence-electron chi connectivity index (χ2n) is 3.77. The van der Waals surface area contributed by atoms with Gasteiger partial charge in [-0.2, -0.15) is 0 Å². The summed E-state index contributed by atoms with van der Waals surface area (Å²) >= 11 is 1.63. The Morgan fingerprint density at radius 1 is 1.19 bits per heavy atom. The summed E-state index contributed by atoms with van der Waals surface area (Å²) in [5.74, 6) is -0.208. The largest absolute Gasteiger partial charge is 0.453 e. The summed E-state index contributed by atoms with van der Waals surface area (Å²) in [7, 11) is 0. The van der Waals surface area contributed by atoms with Crippen molar-refractivity contribution in [2.45, 2.75) is 12.5 Å². The molecule has 0 radical (unpaired) electrons. The SMILES string of the molecule is O=C1O[C@@H](c2cccs2)Cc2ccccc21. The molecule has 0 bridgehead atoms. The van der Waals surface area contributed by atoms with E-state index < -0.39 is 0 Å². The topological polar surface area (TPSA) is 26.3 Å². The fraction of sp³-hybridized carbons (Fsp3) is 0.154. The molecule has 2 nitrogen and oxygen atoms in total. The molecule has 0 amide bonds. The number of hydrogen-bond donors (Lipinski definition) is 0. The molecule has 0 unspecified atom stereocenters.